The van der Waals surface area contributed by atoms with Gasteiger partial charge in [0, 0.05) is 16.2 Å². The van der Waals surface area contributed by atoms with Crippen LogP contribution in [0.1, 0.15) is 54.5 Å². The maximum atomic E-state index is 9.31. The minimum Gasteiger partial charge on any atom is -0.396 e. The monoisotopic (exact) mass is 276 g/mol. The smallest absolute Gasteiger partial charge is 0.0437 e. The third kappa shape index (κ3) is 3.18. The van der Waals surface area contributed by atoms with E-state index in [0.29, 0.717) is 12.5 Å². The van der Waals surface area contributed by atoms with Crippen LogP contribution < -0.4 is 0 Å². The molecule has 1 aromatic carbocycles. The van der Waals surface area contributed by atoms with Gasteiger partial charge in [0.15, 0.2) is 0 Å². The standard InChI is InChI=1S/C17H24OS/c1-4-5-6-14(9-10-18)17-13(3)15-8-7-12(2)11-16(15)19-17/h7-8,11,14,18H,4-6,9-10H2,1-3H3. The van der Waals surface area contributed by atoms with Crippen molar-refractivity contribution < 1.29 is 5.11 Å². The number of aliphatic hydroxyl groups is 1. The fraction of sp³-hybridized carbons (Fsp3) is 0.529. The molecule has 0 bridgehead atoms. The van der Waals surface area contributed by atoms with Crippen LogP contribution in [0.5, 0.6) is 0 Å². The Morgan fingerprint density at radius 3 is 2.68 bits per heavy atom. The second-order valence-corrected chi connectivity index (χ2v) is 6.53. The molecule has 0 aliphatic carbocycles. The summed E-state index contributed by atoms with van der Waals surface area (Å²) in [6.45, 7) is 6.91. The number of rotatable bonds is 6. The van der Waals surface area contributed by atoms with Gasteiger partial charge in [0.05, 0.1) is 0 Å². The first kappa shape index (κ1) is 14.5. The number of aliphatic hydroxyl groups excluding tert-OH is 1. The molecule has 1 heterocycles. The van der Waals surface area contributed by atoms with Gasteiger partial charge in [-0.3, -0.25) is 0 Å². The van der Waals surface area contributed by atoms with Crippen molar-refractivity contribution in [3.63, 3.8) is 0 Å². The average molecular weight is 276 g/mol. The number of unbranched alkanes of at least 4 members (excludes halogenated alkanes) is 1. The van der Waals surface area contributed by atoms with Crippen LogP contribution in [0.25, 0.3) is 10.1 Å². The van der Waals surface area contributed by atoms with Gasteiger partial charge in [0.2, 0.25) is 0 Å². The van der Waals surface area contributed by atoms with E-state index in [-0.39, 0.29) is 0 Å². The lowest BCUT2D eigenvalue weighted by Gasteiger charge is -2.14. The zero-order chi connectivity index (χ0) is 13.8. The molecule has 0 radical (unpaired) electrons. The molecule has 1 N–H and O–H groups in total. The van der Waals surface area contributed by atoms with Gasteiger partial charge in [0.1, 0.15) is 0 Å². The normalized spacial score (nSPS) is 13.1. The Kier molecular flexibility index (Phi) is 5.00. The molecule has 0 fully saturated rings. The minimum absolute atomic E-state index is 0.293. The van der Waals surface area contributed by atoms with Gasteiger partial charge in [-0.15, -0.1) is 11.3 Å². The van der Waals surface area contributed by atoms with Crippen LogP contribution in [0, 0.1) is 13.8 Å². The van der Waals surface area contributed by atoms with E-state index in [4.69, 9.17) is 0 Å². The van der Waals surface area contributed by atoms with Crippen LogP contribution in [0.15, 0.2) is 18.2 Å². The van der Waals surface area contributed by atoms with E-state index in [1.165, 1.54) is 45.4 Å². The summed E-state index contributed by atoms with van der Waals surface area (Å²) >= 11 is 1.93. The summed E-state index contributed by atoms with van der Waals surface area (Å²) in [5.41, 5.74) is 2.75. The molecule has 0 aliphatic heterocycles. The first-order valence-electron chi connectivity index (χ1n) is 7.27. The Bertz CT molecular complexity index is 541. The van der Waals surface area contributed by atoms with Crippen molar-refractivity contribution in [1.29, 1.82) is 0 Å². The van der Waals surface area contributed by atoms with Crippen molar-refractivity contribution in [1.82, 2.24) is 0 Å². The first-order chi connectivity index (χ1) is 9.17. The summed E-state index contributed by atoms with van der Waals surface area (Å²) in [7, 11) is 0. The molecule has 0 aliphatic rings. The molecule has 0 saturated carbocycles. The summed E-state index contributed by atoms with van der Waals surface area (Å²) < 4.78 is 1.40. The van der Waals surface area contributed by atoms with Crippen molar-refractivity contribution >= 4 is 21.4 Å². The lowest BCUT2D eigenvalue weighted by molar-refractivity contribution is 0.272. The van der Waals surface area contributed by atoms with Gasteiger partial charge in [0.25, 0.3) is 0 Å². The molecule has 0 spiro atoms. The highest BCUT2D eigenvalue weighted by Crippen LogP contribution is 2.39. The molecule has 2 heteroatoms. The average Bonchev–Trinajstić information content (AvgIpc) is 2.71. The predicted octanol–water partition coefficient (Wildman–Crippen LogP) is 5.17. The molecule has 1 aromatic heterocycles. The van der Waals surface area contributed by atoms with Gasteiger partial charge < -0.3 is 5.11 Å². The number of benzene rings is 1. The van der Waals surface area contributed by atoms with Crippen LogP contribution >= 0.6 is 11.3 Å². The molecule has 104 valence electrons. The molecular formula is C17H24OS. The Hall–Kier alpha value is -0.860. The van der Waals surface area contributed by atoms with Crippen LogP contribution in [0.2, 0.25) is 0 Å². The number of thiophene rings is 1. The molecule has 0 amide bonds. The van der Waals surface area contributed by atoms with E-state index < -0.39 is 0 Å². The summed E-state index contributed by atoms with van der Waals surface area (Å²) in [5, 5.41) is 10.7. The molecule has 0 saturated heterocycles. The van der Waals surface area contributed by atoms with E-state index in [1.54, 1.807) is 0 Å². The summed E-state index contributed by atoms with van der Waals surface area (Å²) in [4.78, 5) is 1.49. The largest absolute Gasteiger partial charge is 0.396 e. The SMILES string of the molecule is CCCCC(CCO)c1sc2cc(C)ccc2c1C. The van der Waals surface area contributed by atoms with Crippen molar-refractivity contribution in [2.24, 2.45) is 0 Å². The van der Waals surface area contributed by atoms with Crippen molar-refractivity contribution in [3.8, 4) is 0 Å². The highest BCUT2D eigenvalue weighted by atomic mass is 32.1. The predicted molar refractivity (Wildman–Crippen MR) is 85.3 cm³/mol. The first-order valence-corrected chi connectivity index (χ1v) is 8.09. The molecule has 2 aromatic rings. The van der Waals surface area contributed by atoms with Crippen molar-refractivity contribution in [3.05, 3.63) is 34.2 Å². The molecule has 19 heavy (non-hydrogen) atoms. The number of aryl methyl sites for hydroxylation is 2. The molecule has 1 nitrogen and oxygen atoms in total. The summed E-state index contributed by atoms with van der Waals surface area (Å²) in [6.07, 6.45) is 4.57. The molecule has 2 rings (SSSR count). The molecular weight excluding hydrogens is 252 g/mol. The third-order valence-corrected chi connectivity index (χ3v) is 5.30. The Labute approximate surface area is 120 Å². The minimum atomic E-state index is 0.293. The quantitative estimate of drug-likeness (QED) is 0.771. The highest BCUT2D eigenvalue weighted by Gasteiger charge is 2.17. The van der Waals surface area contributed by atoms with Crippen LogP contribution in [0.3, 0.4) is 0 Å². The molecule has 1 atom stereocenters. The zero-order valence-electron chi connectivity index (χ0n) is 12.2. The van der Waals surface area contributed by atoms with Crippen molar-refractivity contribution in [2.45, 2.75) is 52.4 Å². The maximum absolute atomic E-state index is 9.31. The van der Waals surface area contributed by atoms with Gasteiger partial charge in [-0.2, -0.15) is 0 Å². The Balaban J connectivity index is 2.38. The van der Waals surface area contributed by atoms with Gasteiger partial charge in [-0.1, -0.05) is 31.9 Å². The fourth-order valence-electron chi connectivity index (χ4n) is 2.75. The van der Waals surface area contributed by atoms with Crippen LogP contribution in [0.4, 0.5) is 0 Å². The highest BCUT2D eigenvalue weighted by molar-refractivity contribution is 7.19. The lowest BCUT2D eigenvalue weighted by atomic mass is 9.94. The topological polar surface area (TPSA) is 20.2 Å². The summed E-state index contributed by atoms with van der Waals surface area (Å²) in [6, 6.07) is 6.72. The van der Waals surface area contributed by atoms with E-state index in [1.807, 2.05) is 11.3 Å². The summed E-state index contributed by atoms with van der Waals surface area (Å²) in [5.74, 6) is 0.530. The van der Waals surface area contributed by atoms with E-state index >= 15 is 0 Å². The second-order valence-electron chi connectivity index (χ2n) is 5.44. The van der Waals surface area contributed by atoms with Crippen LogP contribution in [-0.2, 0) is 0 Å². The van der Waals surface area contributed by atoms with E-state index in [0.717, 1.165) is 6.42 Å². The zero-order valence-corrected chi connectivity index (χ0v) is 13.0. The number of hydrogen-bond donors (Lipinski definition) is 1. The van der Waals surface area contributed by atoms with E-state index in [2.05, 4.69) is 39.0 Å². The maximum Gasteiger partial charge on any atom is 0.0437 e. The van der Waals surface area contributed by atoms with Gasteiger partial charge in [-0.25, -0.2) is 0 Å². The number of hydrogen-bond acceptors (Lipinski definition) is 2. The van der Waals surface area contributed by atoms with E-state index in [9.17, 15) is 5.11 Å². The number of fused-ring (bicyclic) bond motifs is 1. The lowest BCUT2D eigenvalue weighted by Crippen LogP contribution is -2.01. The van der Waals surface area contributed by atoms with Gasteiger partial charge >= 0.3 is 0 Å². The fourth-order valence-corrected chi connectivity index (χ4v) is 4.23. The Morgan fingerprint density at radius 1 is 1.21 bits per heavy atom. The van der Waals surface area contributed by atoms with Crippen molar-refractivity contribution in [2.75, 3.05) is 6.61 Å². The Morgan fingerprint density at radius 2 is 2.00 bits per heavy atom. The second kappa shape index (κ2) is 6.53. The third-order valence-electron chi connectivity index (χ3n) is 3.89. The van der Waals surface area contributed by atoms with Gasteiger partial charge in [-0.05, 0) is 55.2 Å². The molecule has 1 unspecified atom stereocenters. The van der Waals surface area contributed by atoms with Crippen LogP contribution in [-0.4, -0.2) is 11.7 Å².